The quantitative estimate of drug-likeness (QED) is 0.824. The van der Waals surface area contributed by atoms with Crippen LogP contribution in [-0.4, -0.2) is 74.0 Å². The van der Waals surface area contributed by atoms with Crippen molar-refractivity contribution < 1.29 is 23.1 Å². The SMILES string of the molecule is CN(C)S(=O)(=O)CC1(CO)CCN(C(=O)OC(C)(C)C)CC1. The van der Waals surface area contributed by atoms with E-state index in [-0.39, 0.29) is 12.4 Å². The molecule has 7 nitrogen and oxygen atoms in total. The summed E-state index contributed by atoms with van der Waals surface area (Å²) in [6.07, 6.45) is 0.487. The van der Waals surface area contributed by atoms with E-state index in [1.54, 1.807) is 25.7 Å². The number of rotatable bonds is 4. The summed E-state index contributed by atoms with van der Waals surface area (Å²) in [5.41, 5.74) is -1.25. The van der Waals surface area contributed by atoms with Crippen molar-refractivity contribution in [3.8, 4) is 0 Å². The van der Waals surface area contributed by atoms with Crippen LogP contribution in [-0.2, 0) is 14.8 Å². The van der Waals surface area contributed by atoms with Crippen molar-refractivity contribution >= 4 is 16.1 Å². The molecule has 8 heteroatoms. The molecule has 0 aliphatic carbocycles. The van der Waals surface area contributed by atoms with Gasteiger partial charge in [0.15, 0.2) is 0 Å². The van der Waals surface area contributed by atoms with Gasteiger partial charge in [-0.15, -0.1) is 0 Å². The van der Waals surface area contributed by atoms with Gasteiger partial charge < -0.3 is 14.7 Å². The molecule has 0 aromatic rings. The Morgan fingerprint density at radius 1 is 1.27 bits per heavy atom. The van der Waals surface area contributed by atoms with Crippen LogP contribution in [0.25, 0.3) is 0 Å². The molecule has 0 bridgehead atoms. The third-order valence-electron chi connectivity index (χ3n) is 3.86. The number of piperidine rings is 1. The molecule has 0 atom stereocenters. The second-order valence-electron chi connectivity index (χ2n) is 7.16. The van der Waals surface area contributed by atoms with E-state index in [2.05, 4.69) is 0 Å². The van der Waals surface area contributed by atoms with Crippen molar-refractivity contribution in [2.45, 2.75) is 39.2 Å². The van der Waals surface area contributed by atoms with Crippen LogP contribution in [0.3, 0.4) is 0 Å². The van der Waals surface area contributed by atoms with Crippen LogP contribution in [0.5, 0.6) is 0 Å². The zero-order valence-corrected chi connectivity index (χ0v) is 14.9. The van der Waals surface area contributed by atoms with E-state index in [0.29, 0.717) is 25.9 Å². The molecule has 1 amide bonds. The largest absolute Gasteiger partial charge is 0.444 e. The van der Waals surface area contributed by atoms with Gasteiger partial charge in [0.25, 0.3) is 0 Å². The van der Waals surface area contributed by atoms with Gasteiger partial charge in [0.1, 0.15) is 5.60 Å². The Bertz CT molecular complexity index is 488. The Morgan fingerprint density at radius 3 is 2.14 bits per heavy atom. The van der Waals surface area contributed by atoms with Gasteiger partial charge in [-0.3, -0.25) is 0 Å². The normalized spacial score (nSPS) is 19.3. The Hall–Kier alpha value is -0.860. The minimum atomic E-state index is -3.40. The predicted molar refractivity (Wildman–Crippen MR) is 84.0 cm³/mol. The molecule has 0 unspecified atom stereocenters. The van der Waals surface area contributed by atoms with E-state index in [1.807, 2.05) is 0 Å². The minimum Gasteiger partial charge on any atom is -0.444 e. The minimum absolute atomic E-state index is 0.105. The van der Waals surface area contributed by atoms with E-state index >= 15 is 0 Å². The maximum absolute atomic E-state index is 12.1. The molecule has 1 aliphatic heterocycles. The van der Waals surface area contributed by atoms with Crippen LogP contribution in [0.4, 0.5) is 4.79 Å². The lowest BCUT2D eigenvalue weighted by molar-refractivity contribution is 0.00442. The van der Waals surface area contributed by atoms with Crippen molar-refractivity contribution in [3.05, 3.63) is 0 Å². The Morgan fingerprint density at radius 2 is 1.77 bits per heavy atom. The van der Waals surface area contributed by atoms with Crippen molar-refractivity contribution in [2.24, 2.45) is 5.41 Å². The number of likely N-dealkylation sites (tertiary alicyclic amines) is 1. The zero-order chi connectivity index (χ0) is 17.2. The number of amides is 1. The molecule has 0 aromatic heterocycles. The number of nitrogens with zero attached hydrogens (tertiary/aromatic N) is 2. The Kier molecular flexibility index (Phi) is 5.86. The zero-order valence-electron chi connectivity index (χ0n) is 14.1. The summed E-state index contributed by atoms with van der Waals surface area (Å²) in [4.78, 5) is 13.6. The highest BCUT2D eigenvalue weighted by molar-refractivity contribution is 7.89. The van der Waals surface area contributed by atoms with Gasteiger partial charge >= 0.3 is 6.09 Å². The fourth-order valence-electron chi connectivity index (χ4n) is 2.35. The van der Waals surface area contributed by atoms with Crippen LogP contribution in [0, 0.1) is 5.41 Å². The molecular weight excluding hydrogens is 308 g/mol. The third-order valence-corrected chi connectivity index (χ3v) is 5.95. The molecule has 1 rings (SSSR count). The highest BCUT2D eigenvalue weighted by Crippen LogP contribution is 2.33. The number of ether oxygens (including phenoxy) is 1. The molecule has 1 heterocycles. The summed E-state index contributed by atoms with van der Waals surface area (Å²) >= 11 is 0. The second-order valence-corrected chi connectivity index (χ2v) is 9.35. The molecule has 0 radical (unpaired) electrons. The number of aliphatic hydroxyl groups excluding tert-OH is 1. The summed E-state index contributed by atoms with van der Waals surface area (Å²) in [6, 6.07) is 0. The van der Waals surface area contributed by atoms with E-state index in [9.17, 15) is 18.3 Å². The van der Waals surface area contributed by atoms with Gasteiger partial charge in [-0.1, -0.05) is 0 Å². The van der Waals surface area contributed by atoms with Gasteiger partial charge in [-0.2, -0.15) is 0 Å². The lowest BCUT2D eigenvalue weighted by Gasteiger charge is -2.41. The van der Waals surface area contributed by atoms with E-state index in [0.717, 1.165) is 0 Å². The molecule has 22 heavy (non-hydrogen) atoms. The molecule has 1 saturated heterocycles. The van der Waals surface area contributed by atoms with Crippen LogP contribution in [0.1, 0.15) is 33.6 Å². The average Bonchev–Trinajstić information content (AvgIpc) is 2.36. The van der Waals surface area contributed by atoms with Crippen LogP contribution >= 0.6 is 0 Å². The summed E-state index contributed by atoms with van der Waals surface area (Å²) in [6.45, 7) is 5.97. The fourth-order valence-corrected chi connectivity index (χ4v) is 3.77. The molecule has 0 aromatic carbocycles. The van der Waals surface area contributed by atoms with Gasteiger partial charge in [-0.05, 0) is 33.6 Å². The molecule has 1 N–H and O–H groups in total. The first-order valence-corrected chi connectivity index (χ1v) is 9.01. The fraction of sp³-hybridized carbons (Fsp3) is 0.929. The first kappa shape index (κ1) is 19.2. The molecule has 0 saturated carbocycles. The van der Waals surface area contributed by atoms with Crippen LogP contribution in [0.15, 0.2) is 0 Å². The monoisotopic (exact) mass is 336 g/mol. The molecule has 1 fully saturated rings. The summed E-state index contributed by atoms with van der Waals surface area (Å²) in [5, 5.41) is 9.68. The van der Waals surface area contributed by atoms with Crippen molar-refractivity contribution in [1.29, 1.82) is 0 Å². The number of sulfonamides is 1. The van der Waals surface area contributed by atoms with Gasteiger partial charge in [-0.25, -0.2) is 17.5 Å². The highest BCUT2D eigenvalue weighted by Gasteiger charge is 2.40. The summed E-state index contributed by atoms with van der Waals surface area (Å²) in [5.74, 6) is -0.105. The number of hydrogen-bond acceptors (Lipinski definition) is 5. The summed E-state index contributed by atoms with van der Waals surface area (Å²) < 4.78 is 30.6. The van der Waals surface area contributed by atoms with Gasteiger partial charge in [0, 0.05) is 39.2 Å². The van der Waals surface area contributed by atoms with Crippen molar-refractivity contribution in [3.63, 3.8) is 0 Å². The van der Waals surface area contributed by atoms with Gasteiger partial charge in [0.05, 0.1) is 5.75 Å². The third kappa shape index (κ3) is 5.10. The standard InChI is InChI=1S/C14H28N2O5S/c1-13(2,3)21-12(18)16-8-6-14(10-17,7-9-16)11-22(19,20)15(4)5/h17H,6-11H2,1-5H3. The number of carbonyl (C=O) groups excluding carboxylic acids is 1. The lowest BCUT2D eigenvalue weighted by Crippen LogP contribution is -2.49. The Labute approximate surface area is 133 Å². The maximum atomic E-state index is 12.1. The topological polar surface area (TPSA) is 87.2 Å². The van der Waals surface area contributed by atoms with E-state index in [1.165, 1.54) is 18.4 Å². The molecule has 0 spiro atoms. The van der Waals surface area contributed by atoms with Crippen LogP contribution < -0.4 is 0 Å². The number of hydrogen-bond donors (Lipinski definition) is 1. The average molecular weight is 336 g/mol. The smallest absolute Gasteiger partial charge is 0.410 e. The van der Waals surface area contributed by atoms with Crippen molar-refractivity contribution in [2.75, 3.05) is 39.5 Å². The number of carbonyl (C=O) groups is 1. The first-order valence-electron chi connectivity index (χ1n) is 7.40. The molecule has 130 valence electrons. The maximum Gasteiger partial charge on any atom is 0.410 e. The van der Waals surface area contributed by atoms with E-state index < -0.39 is 27.1 Å². The molecular formula is C14H28N2O5S. The van der Waals surface area contributed by atoms with Crippen molar-refractivity contribution in [1.82, 2.24) is 9.21 Å². The highest BCUT2D eigenvalue weighted by atomic mass is 32.2. The van der Waals surface area contributed by atoms with E-state index in [4.69, 9.17) is 4.74 Å². The predicted octanol–water partition coefficient (Wildman–Crippen LogP) is 0.887. The molecule has 1 aliphatic rings. The summed E-state index contributed by atoms with van der Waals surface area (Å²) in [7, 11) is -0.431. The lowest BCUT2D eigenvalue weighted by atomic mass is 9.81. The number of aliphatic hydroxyl groups is 1. The van der Waals surface area contributed by atoms with Crippen LogP contribution in [0.2, 0.25) is 0 Å². The first-order chi connectivity index (χ1) is 9.91. The van der Waals surface area contributed by atoms with Gasteiger partial charge in [0.2, 0.25) is 10.0 Å². The Balaban J connectivity index is 2.70. The second kappa shape index (κ2) is 6.72.